The highest BCUT2D eigenvalue weighted by molar-refractivity contribution is 8.11. The average Bonchev–Trinajstić information content (AvgIpc) is 2.72. The number of hydroxylamine groups is 1. The molecule has 0 aliphatic heterocycles. The zero-order valence-electron chi connectivity index (χ0n) is 15.9. The molecule has 1 amide bonds. The summed E-state index contributed by atoms with van der Waals surface area (Å²) in [6.45, 7) is 2.27. The zero-order valence-corrected chi connectivity index (χ0v) is 18.3. The lowest BCUT2D eigenvalue weighted by Gasteiger charge is -2.22. The van der Waals surface area contributed by atoms with E-state index in [0.717, 1.165) is 23.6 Å². The summed E-state index contributed by atoms with van der Waals surface area (Å²) in [5.41, 5.74) is 1.97. The van der Waals surface area contributed by atoms with E-state index < -0.39 is 36.9 Å². The molecule has 2 aromatic carbocycles. The third kappa shape index (κ3) is 5.85. The summed E-state index contributed by atoms with van der Waals surface area (Å²) >= 11 is 1.33. The first-order valence-electron chi connectivity index (χ1n) is 8.37. The van der Waals surface area contributed by atoms with Crippen molar-refractivity contribution >= 4 is 43.9 Å². The summed E-state index contributed by atoms with van der Waals surface area (Å²) in [4.78, 5) is 13.0. The topological polar surface area (TPSA) is 95.5 Å². The van der Waals surface area contributed by atoms with Crippen molar-refractivity contribution in [1.82, 2.24) is 10.2 Å². The number of halogens is 3. The molecule has 0 bridgehead atoms. The van der Waals surface area contributed by atoms with Crippen LogP contribution in [0.15, 0.2) is 63.2 Å². The maximum absolute atomic E-state index is 13.3. The highest BCUT2D eigenvalue weighted by Crippen LogP contribution is 2.34. The van der Waals surface area contributed by atoms with Crippen molar-refractivity contribution in [2.24, 2.45) is 0 Å². The Hall–Kier alpha value is -1.86. The van der Waals surface area contributed by atoms with Crippen LogP contribution in [0.3, 0.4) is 0 Å². The standard InChI is InChI=1S/C18H19F3N2O4S3/c1-18(2,16(24)23-25)30(26,27)22-11-12-3-5-13(6-4-12)28-14-7-9-15(10-8-14)29(21)17(19)20/h3-10,22,25H,11H2,1-2H3,(H,23,24). The maximum atomic E-state index is 13.3. The molecule has 0 fully saturated rings. The molecule has 0 aromatic heterocycles. The van der Waals surface area contributed by atoms with Crippen LogP contribution in [0, 0.1) is 0 Å². The molecular formula is C18H19F3N2O4S3. The van der Waals surface area contributed by atoms with Gasteiger partial charge in [-0.3, -0.25) is 10.0 Å². The first kappa shape index (κ1) is 24.4. The molecule has 0 saturated heterocycles. The molecule has 0 radical (unpaired) electrons. The normalized spacial score (nSPS) is 13.0. The van der Waals surface area contributed by atoms with Crippen molar-refractivity contribution < 1.29 is 31.1 Å². The fourth-order valence-corrected chi connectivity index (χ4v) is 4.52. The fraction of sp³-hybridized carbons (Fsp3) is 0.222. The molecule has 1 unspecified atom stereocenters. The van der Waals surface area contributed by atoms with E-state index >= 15 is 0 Å². The number of hydrogen-bond donors (Lipinski definition) is 3. The van der Waals surface area contributed by atoms with Crippen LogP contribution in [0.2, 0.25) is 0 Å². The molecule has 2 rings (SSSR count). The van der Waals surface area contributed by atoms with Gasteiger partial charge >= 0.3 is 5.37 Å². The van der Waals surface area contributed by atoms with Gasteiger partial charge in [-0.2, -0.15) is 12.7 Å². The van der Waals surface area contributed by atoms with Gasteiger partial charge in [0.1, 0.15) is 0 Å². The Labute approximate surface area is 179 Å². The second kappa shape index (κ2) is 9.96. The second-order valence-electron chi connectivity index (χ2n) is 6.48. The molecule has 164 valence electrons. The monoisotopic (exact) mass is 480 g/mol. The predicted molar refractivity (Wildman–Crippen MR) is 111 cm³/mol. The first-order valence-corrected chi connectivity index (χ1v) is 11.8. The Morgan fingerprint density at radius 2 is 1.57 bits per heavy atom. The molecule has 1 atom stereocenters. The number of sulfonamides is 1. The van der Waals surface area contributed by atoms with Crippen molar-refractivity contribution in [2.45, 2.75) is 39.8 Å². The fourth-order valence-electron chi connectivity index (χ4n) is 2.14. The lowest BCUT2D eigenvalue weighted by atomic mass is 10.2. The van der Waals surface area contributed by atoms with Crippen LogP contribution in [-0.4, -0.2) is 29.7 Å². The molecule has 0 aliphatic rings. The van der Waals surface area contributed by atoms with Gasteiger partial charge in [0.05, 0.1) is 10.9 Å². The minimum atomic E-state index is -4.06. The van der Waals surface area contributed by atoms with Crippen molar-refractivity contribution in [2.75, 3.05) is 0 Å². The van der Waals surface area contributed by atoms with Gasteiger partial charge in [0.2, 0.25) is 10.0 Å². The van der Waals surface area contributed by atoms with Gasteiger partial charge in [-0.25, -0.2) is 18.6 Å². The molecule has 30 heavy (non-hydrogen) atoms. The van der Waals surface area contributed by atoms with E-state index in [1.54, 1.807) is 36.4 Å². The Morgan fingerprint density at radius 1 is 1.07 bits per heavy atom. The van der Waals surface area contributed by atoms with Gasteiger partial charge in [0, 0.05) is 21.2 Å². The van der Waals surface area contributed by atoms with Gasteiger partial charge < -0.3 is 0 Å². The lowest BCUT2D eigenvalue weighted by molar-refractivity contribution is -0.131. The average molecular weight is 481 g/mol. The minimum Gasteiger partial charge on any atom is -0.289 e. The number of benzene rings is 2. The minimum absolute atomic E-state index is 0.0613. The quantitative estimate of drug-likeness (QED) is 0.229. The van der Waals surface area contributed by atoms with Crippen LogP contribution in [0.25, 0.3) is 0 Å². The highest BCUT2D eigenvalue weighted by atomic mass is 32.2. The van der Waals surface area contributed by atoms with E-state index in [1.165, 1.54) is 29.4 Å². The van der Waals surface area contributed by atoms with Gasteiger partial charge in [-0.05, 0) is 55.8 Å². The number of carbonyl (C=O) groups excluding carboxylic acids is 1. The first-order chi connectivity index (χ1) is 14.0. The van der Waals surface area contributed by atoms with Crippen molar-refractivity contribution in [3.8, 4) is 0 Å². The van der Waals surface area contributed by atoms with E-state index in [2.05, 4.69) is 4.72 Å². The summed E-state index contributed by atoms with van der Waals surface area (Å²) in [6, 6.07) is 12.5. The second-order valence-corrected chi connectivity index (χ2v) is 11.2. The Morgan fingerprint density at radius 3 is 2.03 bits per heavy atom. The van der Waals surface area contributed by atoms with Crippen molar-refractivity contribution in [3.63, 3.8) is 0 Å². The SMILES string of the molecule is CC(C)(C(=O)NO)S(=O)(=O)NCc1ccc(Sc2ccc(S(F)=C(F)F)cc2)cc1. The predicted octanol–water partition coefficient (Wildman–Crippen LogP) is 4.08. The van der Waals surface area contributed by atoms with Gasteiger partial charge in [-0.15, -0.1) is 0 Å². The molecule has 12 heteroatoms. The Bertz CT molecular complexity index is 1040. The molecule has 6 nitrogen and oxygen atoms in total. The molecule has 0 saturated carbocycles. The molecule has 0 spiro atoms. The van der Waals surface area contributed by atoms with E-state index in [-0.39, 0.29) is 11.4 Å². The maximum Gasteiger partial charge on any atom is 0.328 e. The summed E-state index contributed by atoms with van der Waals surface area (Å²) < 4.78 is 63.0. The summed E-state index contributed by atoms with van der Waals surface area (Å²) in [7, 11) is -6.74. The van der Waals surface area contributed by atoms with Gasteiger partial charge in [0.25, 0.3) is 5.91 Å². The Balaban J connectivity index is 2.02. The van der Waals surface area contributed by atoms with Crippen LogP contribution in [0.1, 0.15) is 19.4 Å². The van der Waals surface area contributed by atoms with Gasteiger partial charge in [-0.1, -0.05) is 23.9 Å². The number of nitrogens with one attached hydrogen (secondary N) is 2. The smallest absolute Gasteiger partial charge is 0.289 e. The lowest BCUT2D eigenvalue weighted by Crippen LogP contribution is -2.51. The number of hydrogen-bond acceptors (Lipinski definition) is 5. The van der Waals surface area contributed by atoms with Gasteiger partial charge in [0.15, 0.2) is 4.75 Å². The summed E-state index contributed by atoms with van der Waals surface area (Å²) in [6.07, 6.45) is 0. The molecule has 0 heterocycles. The largest absolute Gasteiger partial charge is 0.328 e. The van der Waals surface area contributed by atoms with Crippen LogP contribution >= 0.6 is 22.6 Å². The van der Waals surface area contributed by atoms with E-state index in [0.29, 0.717) is 5.56 Å². The molecule has 3 N–H and O–H groups in total. The van der Waals surface area contributed by atoms with E-state index in [1.807, 2.05) is 0 Å². The molecule has 2 aromatic rings. The number of rotatable bonds is 8. The van der Waals surface area contributed by atoms with Crippen LogP contribution < -0.4 is 10.2 Å². The van der Waals surface area contributed by atoms with Crippen molar-refractivity contribution in [3.05, 3.63) is 54.1 Å². The molecular weight excluding hydrogens is 461 g/mol. The van der Waals surface area contributed by atoms with Crippen LogP contribution in [0.4, 0.5) is 12.7 Å². The van der Waals surface area contributed by atoms with Crippen LogP contribution in [-0.2, 0) is 21.4 Å². The zero-order chi connectivity index (χ0) is 22.5. The van der Waals surface area contributed by atoms with Crippen molar-refractivity contribution in [1.29, 1.82) is 0 Å². The summed E-state index contributed by atoms with van der Waals surface area (Å²) in [5, 5.41) is 6.43. The summed E-state index contributed by atoms with van der Waals surface area (Å²) in [5.74, 6) is -1.06. The number of amides is 1. The molecule has 0 aliphatic carbocycles. The highest BCUT2D eigenvalue weighted by Gasteiger charge is 2.41. The number of carbonyl (C=O) groups is 1. The van der Waals surface area contributed by atoms with E-state index in [9.17, 15) is 25.9 Å². The van der Waals surface area contributed by atoms with Crippen LogP contribution in [0.5, 0.6) is 0 Å². The third-order valence-corrected chi connectivity index (χ3v) is 8.14. The Kier molecular flexibility index (Phi) is 8.11. The third-order valence-electron chi connectivity index (χ3n) is 4.11. The van der Waals surface area contributed by atoms with E-state index in [4.69, 9.17) is 5.21 Å².